The van der Waals surface area contributed by atoms with E-state index in [0.29, 0.717) is 5.75 Å². The second-order valence-electron chi connectivity index (χ2n) is 7.24. The van der Waals surface area contributed by atoms with Gasteiger partial charge in [0.05, 0.1) is 29.4 Å². The average molecular weight is 359 g/mol. The zero-order valence-corrected chi connectivity index (χ0v) is 15.1. The van der Waals surface area contributed by atoms with Gasteiger partial charge in [-0.05, 0) is 36.2 Å². The molecule has 4 aromatic rings. The molecule has 0 radical (unpaired) electrons. The minimum absolute atomic E-state index is 0.134. The second kappa shape index (κ2) is 6.25. The maximum absolute atomic E-state index is 9.91. The van der Waals surface area contributed by atoms with Crippen molar-refractivity contribution in [1.82, 2.24) is 24.5 Å². The number of aromatic nitrogens is 4. The molecule has 1 unspecified atom stereocenters. The molecule has 136 valence electrons. The molecular formula is C21H21N5O. The van der Waals surface area contributed by atoms with Crippen LogP contribution in [0.1, 0.15) is 34.0 Å². The molecule has 5 rings (SSSR count). The fourth-order valence-electron chi connectivity index (χ4n) is 4.17. The van der Waals surface area contributed by atoms with Crippen LogP contribution in [-0.2, 0) is 13.1 Å². The quantitative estimate of drug-likeness (QED) is 0.589. The number of hydrogen-bond acceptors (Lipinski definition) is 4. The fourth-order valence-corrected chi connectivity index (χ4v) is 4.17. The van der Waals surface area contributed by atoms with Crippen LogP contribution >= 0.6 is 0 Å². The molecule has 1 aliphatic heterocycles. The molecule has 0 saturated heterocycles. The van der Waals surface area contributed by atoms with E-state index in [4.69, 9.17) is 0 Å². The molecule has 1 aromatic carbocycles. The highest BCUT2D eigenvalue weighted by molar-refractivity contribution is 5.59. The lowest BCUT2D eigenvalue weighted by atomic mass is 9.90. The number of aromatic hydroxyl groups is 1. The maximum Gasteiger partial charge on any atom is 0.115 e. The van der Waals surface area contributed by atoms with E-state index in [9.17, 15) is 5.11 Å². The van der Waals surface area contributed by atoms with Gasteiger partial charge in [0.2, 0.25) is 0 Å². The number of nitrogens with zero attached hydrogens (tertiary/aromatic N) is 4. The Kier molecular flexibility index (Phi) is 3.72. The smallest absolute Gasteiger partial charge is 0.115 e. The van der Waals surface area contributed by atoms with E-state index >= 15 is 0 Å². The van der Waals surface area contributed by atoms with Crippen LogP contribution in [0.2, 0.25) is 0 Å². The summed E-state index contributed by atoms with van der Waals surface area (Å²) in [5, 5.41) is 14.4. The summed E-state index contributed by atoms with van der Waals surface area (Å²) in [7, 11) is 0. The summed E-state index contributed by atoms with van der Waals surface area (Å²) >= 11 is 0. The zero-order chi connectivity index (χ0) is 18.4. The molecule has 2 N–H and O–H groups in total. The first kappa shape index (κ1) is 16.1. The third kappa shape index (κ3) is 2.78. The normalized spacial score (nSPS) is 17.3. The summed E-state index contributed by atoms with van der Waals surface area (Å²) in [4.78, 5) is 10.3. The minimum Gasteiger partial charge on any atom is -0.508 e. The van der Waals surface area contributed by atoms with Crippen molar-refractivity contribution in [3.05, 3.63) is 83.2 Å². The molecule has 6 heteroatoms. The van der Waals surface area contributed by atoms with Gasteiger partial charge in [-0.25, -0.2) is 9.50 Å². The van der Waals surface area contributed by atoms with Gasteiger partial charge in [0, 0.05) is 37.3 Å². The first-order chi connectivity index (χ1) is 13.2. The Morgan fingerprint density at radius 3 is 3.07 bits per heavy atom. The zero-order valence-electron chi connectivity index (χ0n) is 15.1. The van der Waals surface area contributed by atoms with Crippen LogP contribution in [-0.4, -0.2) is 36.1 Å². The lowest BCUT2D eigenvalue weighted by Gasteiger charge is -2.32. The lowest BCUT2D eigenvalue weighted by molar-refractivity contribution is 0.228. The van der Waals surface area contributed by atoms with Crippen LogP contribution < -0.4 is 0 Å². The van der Waals surface area contributed by atoms with Gasteiger partial charge in [0.1, 0.15) is 5.75 Å². The van der Waals surface area contributed by atoms with Gasteiger partial charge in [-0.2, -0.15) is 5.10 Å². The van der Waals surface area contributed by atoms with Crippen LogP contribution in [0.5, 0.6) is 5.75 Å². The number of hydrogen-bond donors (Lipinski definition) is 2. The molecule has 0 bridgehead atoms. The van der Waals surface area contributed by atoms with Crippen molar-refractivity contribution in [3.8, 4) is 5.75 Å². The highest BCUT2D eigenvalue weighted by atomic mass is 16.3. The van der Waals surface area contributed by atoms with Crippen LogP contribution in [0, 0.1) is 6.92 Å². The number of aromatic amines is 1. The molecule has 3 aromatic heterocycles. The van der Waals surface area contributed by atoms with Gasteiger partial charge in [0.15, 0.2) is 0 Å². The summed E-state index contributed by atoms with van der Waals surface area (Å²) in [6.45, 7) is 4.62. The third-order valence-electron chi connectivity index (χ3n) is 5.39. The fraction of sp³-hybridized carbons (Fsp3) is 0.238. The van der Waals surface area contributed by atoms with Gasteiger partial charge >= 0.3 is 0 Å². The van der Waals surface area contributed by atoms with Gasteiger partial charge in [-0.1, -0.05) is 18.2 Å². The van der Waals surface area contributed by atoms with E-state index in [1.54, 1.807) is 12.4 Å². The first-order valence-corrected chi connectivity index (χ1v) is 9.14. The van der Waals surface area contributed by atoms with Crippen molar-refractivity contribution in [2.24, 2.45) is 0 Å². The van der Waals surface area contributed by atoms with E-state index in [-0.39, 0.29) is 5.92 Å². The Bertz CT molecular complexity index is 1110. The lowest BCUT2D eigenvalue weighted by Crippen LogP contribution is -2.33. The summed E-state index contributed by atoms with van der Waals surface area (Å²) in [5.41, 5.74) is 6.95. The minimum atomic E-state index is 0.134. The van der Waals surface area contributed by atoms with Gasteiger partial charge in [-0.3, -0.25) is 4.90 Å². The Morgan fingerprint density at radius 2 is 2.19 bits per heavy atom. The van der Waals surface area contributed by atoms with Crippen LogP contribution in [0.25, 0.3) is 5.52 Å². The Morgan fingerprint density at radius 1 is 1.26 bits per heavy atom. The van der Waals surface area contributed by atoms with Gasteiger partial charge in [-0.15, -0.1) is 0 Å². The average Bonchev–Trinajstić information content (AvgIpc) is 3.29. The largest absolute Gasteiger partial charge is 0.508 e. The highest BCUT2D eigenvalue weighted by Crippen LogP contribution is 2.33. The predicted octanol–water partition coefficient (Wildman–Crippen LogP) is 3.22. The number of phenolic OH excluding ortho intramolecular Hbond substituents is 1. The number of phenols is 1. The number of imidazole rings is 1. The molecule has 0 fully saturated rings. The van der Waals surface area contributed by atoms with Crippen molar-refractivity contribution in [1.29, 1.82) is 0 Å². The number of aryl methyl sites for hydroxylation is 1. The van der Waals surface area contributed by atoms with Crippen molar-refractivity contribution in [2.75, 3.05) is 6.54 Å². The molecule has 0 amide bonds. The van der Waals surface area contributed by atoms with Gasteiger partial charge < -0.3 is 10.1 Å². The summed E-state index contributed by atoms with van der Waals surface area (Å²) in [6.07, 6.45) is 5.72. The second-order valence-corrected chi connectivity index (χ2v) is 7.24. The topological polar surface area (TPSA) is 69.5 Å². The van der Waals surface area contributed by atoms with E-state index in [0.717, 1.165) is 36.6 Å². The SMILES string of the molecule is Cc1cccn2ncc(CN3Cc4[nH]cnc4C(c4cccc(O)c4)C3)c12. The van der Waals surface area contributed by atoms with Crippen molar-refractivity contribution < 1.29 is 5.11 Å². The molecule has 27 heavy (non-hydrogen) atoms. The Labute approximate surface area is 157 Å². The van der Waals surface area contributed by atoms with E-state index in [2.05, 4.69) is 39.0 Å². The van der Waals surface area contributed by atoms with E-state index in [1.807, 2.05) is 35.1 Å². The highest BCUT2D eigenvalue weighted by Gasteiger charge is 2.29. The van der Waals surface area contributed by atoms with Crippen molar-refractivity contribution >= 4 is 5.52 Å². The number of H-pyrrole nitrogens is 1. The molecule has 0 spiro atoms. The Balaban J connectivity index is 1.49. The van der Waals surface area contributed by atoms with Gasteiger partial charge in [0.25, 0.3) is 0 Å². The molecule has 1 aliphatic rings. The molecular weight excluding hydrogens is 338 g/mol. The molecule has 1 atom stereocenters. The monoisotopic (exact) mass is 359 g/mol. The standard InChI is InChI=1S/C21H21N5O/c1-14-4-3-7-26-21(14)16(9-24-26)10-25-11-18(15-5-2-6-17(27)8-15)20-19(12-25)22-13-23-20/h2-9,13,18,27H,10-12H2,1H3,(H,22,23). The number of rotatable bonds is 3. The Hall–Kier alpha value is -3.12. The predicted molar refractivity (Wildman–Crippen MR) is 103 cm³/mol. The molecule has 6 nitrogen and oxygen atoms in total. The van der Waals surface area contributed by atoms with Crippen LogP contribution in [0.3, 0.4) is 0 Å². The summed E-state index contributed by atoms with van der Waals surface area (Å²) in [6, 6.07) is 11.6. The molecule has 4 heterocycles. The first-order valence-electron chi connectivity index (χ1n) is 9.14. The molecule has 0 saturated carbocycles. The van der Waals surface area contributed by atoms with Crippen LogP contribution in [0.4, 0.5) is 0 Å². The number of pyridine rings is 1. The summed E-state index contributed by atoms with van der Waals surface area (Å²) < 4.78 is 1.95. The maximum atomic E-state index is 9.91. The van der Waals surface area contributed by atoms with E-state index < -0.39 is 0 Å². The molecule has 0 aliphatic carbocycles. The van der Waals surface area contributed by atoms with Crippen molar-refractivity contribution in [3.63, 3.8) is 0 Å². The number of fused-ring (bicyclic) bond motifs is 2. The van der Waals surface area contributed by atoms with E-state index in [1.165, 1.54) is 16.6 Å². The summed E-state index contributed by atoms with van der Waals surface area (Å²) in [5.74, 6) is 0.426. The van der Waals surface area contributed by atoms with Crippen molar-refractivity contribution in [2.45, 2.75) is 25.9 Å². The van der Waals surface area contributed by atoms with Crippen LogP contribution in [0.15, 0.2) is 55.1 Å². The number of benzene rings is 1. The third-order valence-corrected chi connectivity index (χ3v) is 5.39. The number of nitrogens with one attached hydrogen (secondary N) is 1.